The zero-order valence-electron chi connectivity index (χ0n) is 39.6. The first-order chi connectivity index (χ1) is 33.8. The van der Waals surface area contributed by atoms with Gasteiger partial charge < -0.3 is 61.7 Å². The van der Waals surface area contributed by atoms with E-state index < -0.39 is 82.4 Å². The minimum atomic E-state index is -5.19. The summed E-state index contributed by atoms with van der Waals surface area (Å²) in [5, 5.41) is 3.75. The predicted molar refractivity (Wildman–Crippen MR) is 281 cm³/mol. The molecule has 2 bridgehead atoms. The van der Waals surface area contributed by atoms with Crippen molar-refractivity contribution in [2.24, 2.45) is 0 Å². The Morgan fingerprint density at radius 2 is 0.849 bits per heavy atom. The summed E-state index contributed by atoms with van der Waals surface area (Å²) in [5.74, 6) is 0. The van der Waals surface area contributed by atoms with Crippen LogP contribution in [0.15, 0.2) is 243 Å². The van der Waals surface area contributed by atoms with Crippen molar-refractivity contribution in [1.29, 1.82) is 0 Å². The second-order valence-electron chi connectivity index (χ2n) is 15.5. The Labute approximate surface area is 482 Å². The fourth-order valence-electron chi connectivity index (χ4n) is 7.45. The van der Waals surface area contributed by atoms with Crippen molar-refractivity contribution in [2.75, 3.05) is 0 Å². The molecule has 6 N–H and O–H groups in total. The molecule has 360 valence electrons. The maximum atomic E-state index is 16.7. The molecule has 0 amide bonds. The fourth-order valence-corrected chi connectivity index (χ4v) is 37.7. The third-order valence-corrected chi connectivity index (χ3v) is 36.2. The van der Waals surface area contributed by atoms with Gasteiger partial charge in [0.1, 0.15) is 0 Å². The molecule has 3 fully saturated rings. The van der Waals surface area contributed by atoms with E-state index in [0.29, 0.717) is 25.9 Å². The Hall–Kier alpha value is -2.85. The smallest absolute Gasteiger partial charge is 0.814 e. The normalized spacial score (nSPS) is 22.7. The molecule has 11 rings (SSSR count). The molecular weight excluding hydrogens is 1100 g/mol. The van der Waals surface area contributed by atoms with Gasteiger partial charge in [-0.15, -0.1) is 10.4 Å². The Balaban J connectivity index is 0.00000217. The summed E-state index contributed by atoms with van der Waals surface area (Å²) in [7, 11) is -31.7. The van der Waals surface area contributed by atoms with E-state index in [1.807, 2.05) is 140 Å². The van der Waals surface area contributed by atoms with E-state index in [4.69, 9.17) is 41.2 Å². The quantitative estimate of drug-likeness (QED) is 0.0828. The van der Waals surface area contributed by atoms with E-state index in [1.54, 1.807) is 103 Å². The molecule has 25 heteroatoms. The van der Waals surface area contributed by atoms with Gasteiger partial charge in [0, 0.05) is 15.6 Å². The topological polar surface area (TPSA) is 204 Å². The summed E-state index contributed by atoms with van der Waals surface area (Å²) < 4.78 is 72.7. The molecule has 0 aromatic heterocycles. The molecule has 3 aliphatic rings. The Bertz CT molecular complexity index is 2890. The van der Waals surface area contributed by atoms with Crippen molar-refractivity contribution < 1.29 is 121 Å². The minimum absolute atomic E-state index is 0. The van der Waals surface area contributed by atoms with Crippen LogP contribution in [0, 0.1) is 0 Å². The molecule has 8 aromatic rings. The van der Waals surface area contributed by atoms with Gasteiger partial charge in [-0.3, -0.25) is 0 Å². The summed E-state index contributed by atoms with van der Waals surface area (Å²) in [6, 6.07) is 72.7. The fraction of sp³-hybridized carbons (Fsp3) is 0. The maximum Gasteiger partial charge on any atom is 1.00 e. The molecule has 73 heavy (non-hydrogen) atoms. The van der Waals surface area contributed by atoms with Crippen LogP contribution in [0.1, 0.15) is 0 Å². The molecule has 0 saturated carbocycles. The van der Waals surface area contributed by atoms with Gasteiger partial charge >= 0.3 is 95.5 Å². The summed E-state index contributed by atoms with van der Waals surface area (Å²) >= 11 is 0. The average molecular weight is 1150 g/mol. The SMILES string of the molecule is [Na+].[Na+].[O-][Si](O[Si]c1ccccc1)(O[Si]1(c2ccccc2)O[Si-](c2ccccc2)O[Si]O[Si]2(c3ccccc3)O[Si-](c3ccccc3)O[Si](c3ccccc3)(O[Si]([O-])(c3ccccc3)O2)O1)c1ccccc1.[OH3+].[OH3+]. The zero-order valence-corrected chi connectivity index (χ0v) is 52.6. The molecule has 14 nitrogen and oxygen atoms in total. The van der Waals surface area contributed by atoms with Crippen LogP contribution < -0.4 is 110 Å². The van der Waals surface area contributed by atoms with E-state index in [0.717, 1.165) is 5.19 Å². The first kappa shape index (κ1) is 59.4. The average Bonchev–Trinajstić information content (AvgIpc) is 3.41. The van der Waals surface area contributed by atoms with E-state index in [9.17, 15) is 0 Å². The molecule has 3 saturated heterocycles. The number of benzene rings is 8. The standard InChI is InChI=1S/C48H40O12Si9.2Na.2H2O/c49-65(44-31-15-4-16-32-44,52-61-41-25-9-1-10-26-41)57-68(47-37-21-7-22-38-47)54-63(42-27-11-2-12-28-42)51-62-53-67(46-35-19-6-20-36-46)55-64(43-29-13-3-14-30-43)56-69(60-68,48-39-23-8-24-40-48)59-66(50,58-67)45-33-17-5-18-34-45;;;;/h1-40H;;;2*1H2/q-4;2*+1;;/p+2. The monoisotopic (exact) mass is 1140 g/mol. The summed E-state index contributed by atoms with van der Waals surface area (Å²) in [6.07, 6.45) is 0. The largest absolute Gasteiger partial charge is 1.00 e. The molecule has 0 aliphatic carbocycles. The second-order valence-corrected chi connectivity index (χ2v) is 35.4. The zero-order chi connectivity index (χ0) is 47.0. The summed E-state index contributed by atoms with van der Waals surface area (Å²) in [5.41, 5.74) is 0. The van der Waals surface area contributed by atoms with E-state index in [-0.39, 0.29) is 80.4 Å². The van der Waals surface area contributed by atoms with Gasteiger partial charge in [0.25, 0.3) is 27.4 Å². The van der Waals surface area contributed by atoms with Crippen molar-refractivity contribution in [3.05, 3.63) is 243 Å². The van der Waals surface area contributed by atoms with Gasteiger partial charge in [-0.2, -0.15) is 0 Å². The number of rotatable bonds is 12. The van der Waals surface area contributed by atoms with Crippen molar-refractivity contribution in [1.82, 2.24) is 0 Å². The Morgan fingerprint density at radius 3 is 1.37 bits per heavy atom. The van der Waals surface area contributed by atoms with Gasteiger partial charge in [-0.25, -0.2) is 0 Å². The molecule has 3 heterocycles. The van der Waals surface area contributed by atoms with Crippen LogP contribution in [-0.4, -0.2) is 82.4 Å². The Kier molecular flexibility index (Phi) is 21.9. The maximum absolute atomic E-state index is 16.7. The third kappa shape index (κ3) is 13.6. The van der Waals surface area contributed by atoms with E-state index >= 15 is 9.59 Å². The molecule has 3 aliphatic heterocycles. The van der Waals surface area contributed by atoms with E-state index in [2.05, 4.69) is 0 Å². The van der Waals surface area contributed by atoms with Crippen LogP contribution in [0.25, 0.3) is 0 Å². The van der Waals surface area contributed by atoms with Crippen molar-refractivity contribution >= 4 is 124 Å². The number of hydrogen-bond acceptors (Lipinski definition) is 12. The first-order valence-electron chi connectivity index (χ1n) is 21.8. The molecule has 5 atom stereocenters. The van der Waals surface area contributed by atoms with Gasteiger partial charge in [0.05, 0.1) is 0 Å². The number of hydrogen-bond donors (Lipinski definition) is 0. The third-order valence-electron chi connectivity index (χ3n) is 10.8. The van der Waals surface area contributed by atoms with Gasteiger partial charge in [0.2, 0.25) is 0 Å². The van der Waals surface area contributed by atoms with Gasteiger partial charge in [-0.1, -0.05) is 243 Å². The van der Waals surface area contributed by atoms with Crippen LogP contribution in [0.5, 0.6) is 0 Å². The minimum Gasteiger partial charge on any atom is -0.814 e. The molecule has 0 spiro atoms. The molecule has 5 unspecified atom stereocenters. The van der Waals surface area contributed by atoms with E-state index in [1.165, 1.54) is 0 Å². The van der Waals surface area contributed by atoms with Gasteiger partial charge in [0.15, 0.2) is 0 Å². The molecular formula is C48H46Na2O14Si9. The summed E-state index contributed by atoms with van der Waals surface area (Å²) in [6.45, 7) is 0. The Morgan fingerprint density at radius 1 is 0.452 bits per heavy atom. The molecule has 8 aromatic carbocycles. The van der Waals surface area contributed by atoms with Crippen molar-refractivity contribution in [2.45, 2.75) is 0 Å². The van der Waals surface area contributed by atoms with Crippen LogP contribution >= 0.6 is 0 Å². The van der Waals surface area contributed by atoms with Crippen molar-refractivity contribution in [3.8, 4) is 0 Å². The second kappa shape index (κ2) is 27.0. The van der Waals surface area contributed by atoms with Gasteiger partial charge in [-0.05, 0) is 34.1 Å². The summed E-state index contributed by atoms with van der Waals surface area (Å²) in [4.78, 5) is 33.0. The van der Waals surface area contributed by atoms with Crippen LogP contribution in [0.3, 0.4) is 0 Å². The first-order valence-corrected chi connectivity index (χ1v) is 34.8. The van der Waals surface area contributed by atoms with Crippen molar-refractivity contribution in [3.63, 3.8) is 0 Å². The predicted octanol–water partition coefficient (Wildman–Crippen LogP) is -7.44. The molecule has 4 radical (unpaired) electrons. The van der Waals surface area contributed by atoms with Crippen LogP contribution in [-0.2, 0) is 52.1 Å². The van der Waals surface area contributed by atoms with Crippen LogP contribution in [0.2, 0.25) is 0 Å². The van der Waals surface area contributed by atoms with Crippen LogP contribution in [0.4, 0.5) is 0 Å². The number of fused-ring (bicyclic) bond motifs is 10.